The van der Waals surface area contributed by atoms with Crippen molar-refractivity contribution in [2.75, 3.05) is 6.54 Å². The van der Waals surface area contributed by atoms with Gasteiger partial charge in [0.05, 0.1) is 6.10 Å². The van der Waals surface area contributed by atoms with Crippen molar-refractivity contribution in [2.45, 2.75) is 51.1 Å². The summed E-state index contributed by atoms with van der Waals surface area (Å²) in [5.41, 5.74) is 6.33. The van der Waals surface area contributed by atoms with E-state index in [9.17, 15) is 13.9 Å². The molecule has 0 amide bonds. The fraction of sp³-hybridized carbons (Fsp3) is 0.625. The summed E-state index contributed by atoms with van der Waals surface area (Å²) in [5, 5.41) is 10.7. The lowest BCUT2D eigenvalue weighted by Gasteiger charge is -2.36. The molecule has 112 valence electrons. The van der Waals surface area contributed by atoms with Gasteiger partial charge >= 0.3 is 0 Å². The molecule has 1 saturated carbocycles. The first kappa shape index (κ1) is 15.4. The van der Waals surface area contributed by atoms with Crippen LogP contribution >= 0.6 is 0 Å². The van der Waals surface area contributed by atoms with Crippen molar-refractivity contribution in [3.63, 3.8) is 0 Å². The Kier molecular flexibility index (Phi) is 5.11. The van der Waals surface area contributed by atoms with Crippen LogP contribution in [0.5, 0.6) is 0 Å². The third-order valence-corrected chi connectivity index (χ3v) is 4.59. The molecule has 1 atom stereocenters. The predicted octanol–water partition coefficient (Wildman–Crippen LogP) is 3.96. The molecule has 1 fully saturated rings. The maximum absolute atomic E-state index is 12.6. The highest BCUT2D eigenvalue weighted by Crippen LogP contribution is 2.44. The van der Waals surface area contributed by atoms with Crippen LogP contribution in [0, 0.1) is 5.41 Å². The number of halogens is 2. The third kappa shape index (κ3) is 3.18. The smallest absolute Gasteiger partial charge is 0.263 e. The molecule has 0 aliphatic heterocycles. The molecule has 0 radical (unpaired) electrons. The van der Waals surface area contributed by atoms with E-state index >= 15 is 0 Å². The average molecular weight is 283 g/mol. The molecule has 4 heteroatoms. The van der Waals surface area contributed by atoms with E-state index in [-0.39, 0.29) is 11.0 Å². The van der Waals surface area contributed by atoms with Crippen molar-refractivity contribution in [3.05, 3.63) is 35.4 Å². The van der Waals surface area contributed by atoms with E-state index in [0.717, 1.165) is 25.7 Å². The van der Waals surface area contributed by atoms with Gasteiger partial charge in [0.25, 0.3) is 6.43 Å². The molecular formula is C16H23F2NO. The van der Waals surface area contributed by atoms with E-state index in [2.05, 4.69) is 0 Å². The number of rotatable bonds is 4. The zero-order valence-electron chi connectivity index (χ0n) is 11.7. The van der Waals surface area contributed by atoms with Crippen LogP contribution < -0.4 is 5.73 Å². The molecule has 20 heavy (non-hydrogen) atoms. The van der Waals surface area contributed by atoms with Crippen molar-refractivity contribution in [1.82, 2.24) is 0 Å². The van der Waals surface area contributed by atoms with Crippen molar-refractivity contribution in [2.24, 2.45) is 11.1 Å². The minimum Gasteiger partial charge on any atom is -0.388 e. The number of alkyl halides is 2. The Bertz CT molecular complexity index is 411. The molecule has 3 N–H and O–H groups in total. The highest BCUT2D eigenvalue weighted by molar-refractivity contribution is 5.26. The van der Waals surface area contributed by atoms with Crippen molar-refractivity contribution >= 4 is 0 Å². The van der Waals surface area contributed by atoms with Gasteiger partial charge in [0.2, 0.25) is 0 Å². The predicted molar refractivity (Wildman–Crippen MR) is 75.5 cm³/mol. The molecule has 0 bridgehead atoms. The molecule has 0 aromatic heterocycles. The van der Waals surface area contributed by atoms with E-state index in [1.54, 1.807) is 12.1 Å². The summed E-state index contributed by atoms with van der Waals surface area (Å²) in [4.78, 5) is 0. The zero-order chi connectivity index (χ0) is 14.6. The molecule has 1 aliphatic carbocycles. The van der Waals surface area contributed by atoms with E-state index in [1.807, 2.05) is 0 Å². The van der Waals surface area contributed by atoms with Crippen LogP contribution in [0.3, 0.4) is 0 Å². The Morgan fingerprint density at radius 2 is 1.50 bits per heavy atom. The summed E-state index contributed by atoms with van der Waals surface area (Å²) in [7, 11) is 0. The Morgan fingerprint density at radius 1 is 1.00 bits per heavy atom. The normalized spacial score (nSPS) is 20.6. The second-order valence-corrected chi connectivity index (χ2v) is 5.85. The second kappa shape index (κ2) is 6.64. The number of aliphatic hydroxyl groups is 1. The summed E-state index contributed by atoms with van der Waals surface area (Å²) in [6.07, 6.45) is 3.17. The molecule has 2 nitrogen and oxygen atoms in total. The van der Waals surface area contributed by atoms with Crippen LogP contribution in [0.2, 0.25) is 0 Å². The number of benzene rings is 1. The van der Waals surface area contributed by atoms with Crippen molar-refractivity contribution < 1.29 is 13.9 Å². The highest BCUT2D eigenvalue weighted by atomic mass is 19.3. The summed E-state index contributed by atoms with van der Waals surface area (Å²) in [6.45, 7) is 0.435. The molecule has 1 aromatic rings. The molecule has 1 aromatic carbocycles. The summed E-state index contributed by atoms with van der Waals surface area (Å²) in [5.74, 6) is 0. The van der Waals surface area contributed by atoms with Gasteiger partial charge in [-0.15, -0.1) is 0 Å². The number of aliphatic hydroxyl groups excluding tert-OH is 1. The van der Waals surface area contributed by atoms with E-state index < -0.39 is 12.5 Å². The molecule has 0 saturated heterocycles. The molecule has 2 rings (SSSR count). The van der Waals surface area contributed by atoms with Gasteiger partial charge in [0.15, 0.2) is 0 Å². The van der Waals surface area contributed by atoms with Gasteiger partial charge < -0.3 is 10.8 Å². The fourth-order valence-electron chi connectivity index (χ4n) is 3.20. The first-order chi connectivity index (χ1) is 9.59. The van der Waals surface area contributed by atoms with Gasteiger partial charge in [-0.1, -0.05) is 49.9 Å². The monoisotopic (exact) mass is 283 g/mol. The van der Waals surface area contributed by atoms with Crippen LogP contribution in [0.4, 0.5) is 8.78 Å². The summed E-state index contributed by atoms with van der Waals surface area (Å²) < 4.78 is 25.1. The second-order valence-electron chi connectivity index (χ2n) is 5.85. The minimum absolute atomic E-state index is 0.0105. The summed E-state index contributed by atoms with van der Waals surface area (Å²) in [6, 6.07) is 6.00. The van der Waals surface area contributed by atoms with Crippen LogP contribution in [0.15, 0.2) is 24.3 Å². The van der Waals surface area contributed by atoms with Gasteiger partial charge in [0, 0.05) is 17.5 Å². The average Bonchev–Trinajstić information content (AvgIpc) is 2.73. The largest absolute Gasteiger partial charge is 0.388 e. The van der Waals surface area contributed by atoms with Crippen LogP contribution in [0.25, 0.3) is 0 Å². The Labute approximate surface area is 119 Å². The lowest BCUT2D eigenvalue weighted by atomic mass is 9.73. The van der Waals surface area contributed by atoms with Gasteiger partial charge in [-0.25, -0.2) is 8.78 Å². The molecule has 0 heterocycles. The quantitative estimate of drug-likeness (QED) is 0.822. The van der Waals surface area contributed by atoms with Crippen molar-refractivity contribution in [3.8, 4) is 0 Å². The summed E-state index contributed by atoms with van der Waals surface area (Å²) >= 11 is 0. The van der Waals surface area contributed by atoms with Crippen molar-refractivity contribution in [1.29, 1.82) is 0 Å². The van der Waals surface area contributed by atoms with Gasteiger partial charge in [-0.2, -0.15) is 0 Å². The first-order valence-corrected chi connectivity index (χ1v) is 7.35. The van der Waals surface area contributed by atoms with E-state index in [0.29, 0.717) is 12.1 Å². The molecular weight excluding hydrogens is 260 g/mol. The van der Waals surface area contributed by atoms with Gasteiger partial charge in [-0.3, -0.25) is 0 Å². The number of hydrogen-bond acceptors (Lipinski definition) is 2. The van der Waals surface area contributed by atoms with Crippen LogP contribution in [-0.4, -0.2) is 11.7 Å². The van der Waals surface area contributed by atoms with Gasteiger partial charge in [-0.05, 0) is 18.4 Å². The Balaban J connectivity index is 2.20. The van der Waals surface area contributed by atoms with Gasteiger partial charge in [0.1, 0.15) is 0 Å². The fourth-order valence-corrected chi connectivity index (χ4v) is 3.20. The SMILES string of the molecule is NCC1(C(O)c2ccc(C(F)F)cc2)CCCCCC1. The standard InChI is InChI=1S/C16H23F2NO/c17-15(18)13-7-5-12(6-8-13)14(20)16(11-19)9-3-1-2-4-10-16/h5-8,14-15,20H,1-4,9-11,19H2. The third-order valence-electron chi connectivity index (χ3n) is 4.59. The van der Waals surface area contributed by atoms with Crippen LogP contribution in [-0.2, 0) is 0 Å². The Hall–Kier alpha value is -1.00. The molecule has 1 unspecified atom stereocenters. The Morgan fingerprint density at radius 3 is 1.95 bits per heavy atom. The lowest BCUT2D eigenvalue weighted by Crippen LogP contribution is -2.36. The first-order valence-electron chi connectivity index (χ1n) is 7.35. The zero-order valence-corrected chi connectivity index (χ0v) is 11.7. The minimum atomic E-state index is -2.47. The molecule has 1 aliphatic rings. The topological polar surface area (TPSA) is 46.2 Å². The number of nitrogens with two attached hydrogens (primary N) is 1. The maximum atomic E-state index is 12.6. The van der Waals surface area contributed by atoms with Crippen LogP contribution in [0.1, 0.15) is 62.2 Å². The van der Waals surface area contributed by atoms with E-state index in [4.69, 9.17) is 5.73 Å². The van der Waals surface area contributed by atoms with E-state index in [1.165, 1.54) is 25.0 Å². The lowest BCUT2D eigenvalue weighted by molar-refractivity contribution is 0.0166. The highest BCUT2D eigenvalue weighted by Gasteiger charge is 2.37. The maximum Gasteiger partial charge on any atom is 0.263 e. The number of hydrogen-bond donors (Lipinski definition) is 2. The molecule has 0 spiro atoms.